The molecule has 144 valence electrons. The molecule has 0 fully saturated rings. The van der Waals surface area contributed by atoms with E-state index in [9.17, 15) is 9.59 Å². The van der Waals surface area contributed by atoms with E-state index in [1.807, 2.05) is 69.3 Å². The number of anilines is 1. The Labute approximate surface area is 161 Å². The summed E-state index contributed by atoms with van der Waals surface area (Å²) in [4.78, 5) is 25.8. The van der Waals surface area contributed by atoms with Gasteiger partial charge in [-0.05, 0) is 50.6 Å². The van der Waals surface area contributed by atoms with Crippen molar-refractivity contribution in [2.24, 2.45) is 0 Å². The van der Waals surface area contributed by atoms with Gasteiger partial charge in [-0.25, -0.2) is 0 Å². The highest BCUT2D eigenvalue weighted by molar-refractivity contribution is 5.92. The zero-order chi connectivity index (χ0) is 19.8. The van der Waals surface area contributed by atoms with Gasteiger partial charge < -0.3 is 15.0 Å². The number of rotatable bonds is 8. The van der Waals surface area contributed by atoms with Crippen LogP contribution in [0.1, 0.15) is 38.3 Å². The predicted molar refractivity (Wildman–Crippen MR) is 108 cm³/mol. The van der Waals surface area contributed by atoms with Crippen LogP contribution in [0.2, 0.25) is 0 Å². The van der Waals surface area contributed by atoms with Crippen molar-refractivity contribution >= 4 is 17.5 Å². The molecule has 1 N–H and O–H groups in total. The molecule has 5 nitrogen and oxygen atoms in total. The van der Waals surface area contributed by atoms with E-state index in [4.69, 9.17) is 4.74 Å². The summed E-state index contributed by atoms with van der Waals surface area (Å²) in [6.45, 7) is 8.27. The molecule has 0 radical (unpaired) electrons. The van der Waals surface area contributed by atoms with Crippen molar-refractivity contribution in [3.8, 4) is 5.75 Å². The fraction of sp³-hybridized carbons (Fsp3) is 0.364. The Morgan fingerprint density at radius 3 is 2.41 bits per heavy atom. The van der Waals surface area contributed by atoms with Gasteiger partial charge in [-0.2, -0.15) is 0 Å². The number of benzene rings is 2. The van der Waals surface area contributed by atoms with E-state index >= 15 is 0 Å². The predicted octanol–water partition coefficient (Wildman–Crippen LogP) is 3.84. The first kappa shape index (κ1) is 20.5. The number of amides is 2. The topological polar surface area (TPSA) is 58.6 Å². The summed E-state index contributed by atoms with van der Waals surface area (Å²) >= 11 is 0. The Bertz CT molecular complexity index is 769. The Kier molecular flexibility index (Phi) is 7.41. The summed E-state index contributed by atoms with van der Waals surface area (Å²) < 4.78 is 5.62. The zero-order valence-electron chi connectivity index (χ0n) is 16.5. The van der Waals surface area contributed by atoms with Crippen molar-refractivity contribution < 1.29 is 14.3 Å². The lowest BCUT2D eigenvalue weighted by Crippen LogP contribution is -2.33. The Morgan fingerprint density at radius 1 is 1.11 bits per heavy atom. The molecule has 0 saturated heterocycles. The van der Waals surface area contributed by atoms with Gasteiger partial charge in [-0.15, -0.1) is 0 Å². The molecule has 0 heterocycles. The summed E-state index contributed by atoms with van der Waals surface area (Å²) in [5, 5.41) is 2.91. The lowest BCUT2D eigenvalue weighted by atomic mass is 10.1. The molecule has 2 amide bonds. The van der Waals surface area contributed by atoms with Crippen molar-refractivity contribution in [2.75, 3.05) is 11.4 Å². The smallest absolute Gasteiger partial charge is 0.223 e. The monoisotopic (exact) mass is 368 g/mol. The summed E-state index contributed by atoms with van der Waals surface area (Å²) in [5.41, 5.74) is 2.98. The van der Waals surface area contributed by atoms with Crippen molar-refractivity contribution in [1.29, 1.82) is 0 Å². The Balaban J connectivity index is 1.90. The van der Waals surface area contributed by atoms with Crippen LogP contribution in [-0.4, -0.2) is 24.5 Å². The van der Waals surface area contributed by atoms with Gasteiger partial charge in [0.25, 0.3) is 0 Å². The number of hydrogen-bond acceptors (Lipinski definition) is 3. The molecular weight excluding hydrogens is 340 g/mol. The third-order valence-corrected chi connectivity index (χ3v) is 4.03. The highest BCUT2D eigenvalue weighted by Crippen LogP contribution is 2.20. The molecule has 2 rings (SSSR count). The number of aryl methyl sites for hydroxylation is 1. The van der Waals surface area contributed by atoms with Gasteiger partial charge >= 0.3 is 0 Å². The molecule has 0 aliphatic rings. The second-order valence-electron chi connectivity index (χ2n) is 6.85. The minimum atomic E-state index is -0.0981. The van der Waals surface area contributed by atoms with Crippen molar-refractivity contribution in [1.82, 2.24) is 5.32 Å². The molecule has 27 heavy (non-hydrogen) atoms. The molecule has 0 spiro atoms. The van der Waals surface area contributed by atoms with Crippen LogP contribution in [0.4, 0.5) is 5.69 Å². The normalized spacial score (nSPS) is 10.6. The van der Waals surface area contributed by atoms with Gasteiger partial charge in [-0.1, -0.05) is 29.8 Å². The van der Waals surface area contributed by atoms with Crippen LogP contribution < -0.4 is 15.0 Å². The SMILES string of the molecule is CC(=O)N(CCC(=O)NCc1cccc(C)c1)c1ccc(OC(C)C)cc1. The quantitative estimate of drug-likeness (QED) is 0.770. The molecule has 0 atom stereocenters. The average Bonchev–Trinajstić information content (AvgIpc) is 2.61. The highest BCUT2D eigenvalue weighted by atomic mass is 16.5. The summed E-state index contributed by atoms with van der Waals surface area (Å²) in [5.74, 6) is 0.578. The number of nitrogens with zero attached hydrogens (tertiary/aromatic N) is 1. The van der Waals surface area contributed by atoms with Gasteiger partial charge in [0, 0.05) is 32.1 Å². The van der Waals surface area contributed by atoms with Crippen LogP contribution in [0.15, 0.2) is 48.5 Å². The Morgan fingerprint density at radius 2 is 1.81 bits per heavy atom. The van der Waals surface area contributed by atoms with E-state index in [2.05, 4.69) is 5.32 Å². The number of carbonyl (C=O) groups is 2. The number of carbonyl (C=O) groups excluding carboxylic acids is 2. The van der Waals surface area contributed by atoms with E-state index in [-0.39, 0.29) is 24.3 Å². The third kappa shape index (κ3) is 6.77. The van der Waals surface area contributed by atoms with Crippen LogP contribution in [0.5, 0.6) is 5.75 Å². The molecule has 0 bridgehead atoms. The van der Waals surface area contributed by atoms with Crippen LogP contribution in [0.25, 0.3) is 0 Å². The van der Waals surface area contributed by atoms with Gasteiger partial charge in [0.1, 0.15) is 5.75 Å². The first-order valence-corrected chi connectivity index (χ1v) is 9.22. The first-order chi connectivity index (χ1) is 12.8. The molecule has 0 aliphatic carbocycles. The van der Waals surface area contributed by atoms with E-state index < -0.39 is 0 Å². The number of ether oxygens (including phenoxy) is 1. The fourth-order valence-electron chi connectivity index (χ4n) is 2.77. The van der Waals surface area contributed by atoms with Crippen molar-refractivity contribution in [3.63, 3.8) is 0 Å². The molecular formula is C22H28N2O3. The first-order valence-electron chi connectivity index (χ1n) is 9.22. The molecule has 5 heteroatoms. The maximum Gasteiger partial charge on any atom is 0.223 e. The van der Waals surface area contributed by atoms with Crippen LogP contribution in [0, 0.1) is 6.92 Å². The summed E-state index contributed by atoms with van der Waals surface area (Å²) in [6, 6.07) is 15.4. The Hall–Kier alpha value is -2.82. The van der Waals surface area contributed by atoms with E-state index in [1.165, 1.54) is 6.92 Å². The second kappa shape index (κ2) is 9.76. The largest absolute Gasteiger partial charge is 0.491 e. The average molecular weight is 368 g/mol. The maximum absolute atomic E-state index is 12.2. The maximum atomic E-state index is 12.2. The molecule has 0 saturated carbocycles. The summed E-state index contributed by atoms with van der Waals surface area (Å²) in [6.07, 6.45) is 0.340. The van der Waals surface area contributed by atoms with Gasteiger partial charge in [0.05, 0.1) is 6.10 Å². The van der Waals surface area contributed by atoms with E-state index in [0.717, 1.165) is 22.6 Å². The van der Waals surface area contributed by atoms with E-state index in [0.29, 0.717) is 13.1 Å². The third-order valence-electron chi connectivity index (χ3n) is 4.03. The molecule has 0 unspecified atom stereocenters. The molecule has 2 aromatic carbocycles. The highest BCUT2D eigenvalue weighted by Gasteiger charge is 2.14. The van der Waals surface area contributed by atoms with Crippen LogP contribution >= 0.6 is 0 Å². The zero-order valence-corrected chi connectivity index (χ0v) is 16.5. The van der Waals surface area contributed by atoms with E-state index in [1.54, 1.807) is 4.90 Å². The minimum absolute atomic E-state index is 0.0810. The summed E-state index contributed by atoms with van der Waals surface area (Å²) in [7, 11) is 0. The van der Waals surface area contributed by atoms with Crippen LogP contribution in [0.3, 0.4) is 0 Å². The van der Waals surface area contributed by atoms with Gasteiger partial charge in [0.2, 0.25) is 11.8 Å². The minimum Gasteiger partial charge on any atom is -0.491 e. The second-order valence-corrected chi connectivity index (χ2v) is 6.85. The van der Waals surface area contributed by atoms with Gasteiger partial charge in [-0.3, -0.25) is 9.59 Å². The number of nitrogens with one attached hydrogen (secondary N) is 1. The standard InChI is InChI=1S/C22H28N2O3/c1-16(2)27-21-10-8-20(9-11-21)24(18(4)25)13-12-22(26)23-15-19-7-5-6-17(3)14-19/h5-11,14,16H,12-13,15H2,1-4H3,(H,23,26). The fourth-order valence-corrected chi connectivity index (χ4v) is 2.77. The lowest BCUT2D eigenvalue weighted by Gasteiger charge is -2.21. The van der Waals surface area contributed by atoms with Crippen LogP contribution in [-0.2, 0) is 16.1 Å². The van der Waals surface area contributed by atoms with Gasteiger partial charge in [0.15, 0.2) is 0 Å². The molecule has 0 aromatic heterocycles. The number of hydrogen-bond donors (Lipinski definition) is 1. The molecule has 0 aliphatic heterocycles. The van der Waals surface area contributed by atoms with Crippen molar-refractivity contribution in [3.05, 3.63) is 59.7 Å². The lowest BCUT2D eigenvalue weighted by molar-refractivity contribution is -0.121. The van der Waals surface area contributed by atoms with Crippen molar-refractivity contribution in [2.45, 2.75) is 46.8 Å². The molecule has 2 aromatic rings.